The summed E-state index contributed by atoms with van der Waals surface area (Å²) in [6, 6.07) is 6.12. The standard InChI is InChI=1S/C14H18N2O2/c1-3-11-4-5-13-12(8-11)15-14(9-17)16(13)7-6-10(2)18/h4-5,8,17H,3,6-7,9H2,1-2H3. The molecule has 4 heteroatoms. The Morgan fingerprint density at radius 3 is 2.83 bits per heavy atom. The summed E-state index contributed by atoms with van der Waals surface area (Å²) in [6.07, 6.45) is 1.43. The van der Waals surface area contributed by atoms with Crippen molar-refractivity contribution in [3.05, 3.63) is 29.6 Å². The molecule has 0 fully saturated rings. The maximum Gasteiger partial charge on any atom is 0.135 e. The topological polar surface area (TPSA) is 55.1 Å². The van der Waals surface area contributed by atoms with Crippen molar-refractivity contribution < 1.29 is 9.90 Å². The fourth-order valence-electron chi connectivity index (χ4n) is 2.08. The number of aryl methyl sites for hydroxylation is 2. The van der Waals surface area contributed by atoms with Crippen molar-refractivity contribution in [1.29, 1.82) is 0 Å². The number of hydrogen-bond donors (Lipinski definition) is 1. The molecule has 0 saturated heterocycles. The number of carbonyl (C=O) groups excluding carboxylic acids is 1. The number of imidazole rings is 1. The SMILES string of the molecule is CCc1ccc2c(c1)nc(CO)n2CCC(C)=O. The second kappa shape index (κ2) is 5.31. The average molecular weight is 246 g/mol. The molecule has 96 valence electrons. The summed E-state index contributed by atoms with van der Waals surface area (Å²) < 4.78 is 1.93. The number of Topliss-reactive ketones (excluding diaryl/α,β-unsaturated/α-hetero) is 1. The lowest BCUT2D eigenvalue weighted by molar-refractivity contribution is -0.117. The van der Waals surface area contributed by atoms with Crippen LogP contribution in [0.25, 0.3) is 11.0 Å². The Morgan fingerprint density at radius 2 is 2.22 bits per heavy atom. The van der Waals surface area contributed by atoms with Gasteiger partial charge in [0.1, 0.15) is 18.2 Å². The highest BCUT2D eigenvalue weighted by Gasteiger charge is 2.10. The van der Waals surface area contributed by atoms with Crippen LogP contribution >= 0.6 is 0 Å². The Kier molecular flexibility index (Phi) is 3.77. The van der Waals surface area contributed by atoms with E-state index in [1.54, 1.807) is 6.92 Å². The molecular formula is C14H18N2O2. The Morgan fingerprint density at radius 1 is 1.44 bits per heavy atom. The highest BCUT2D eigenvalue weighted by molar-refractivity contribution is 5.78. The zero-order valence-electron chi connectivity index (χ0n) is 10.8. The van der Waals surface area contributed by atoms with Crippen LogP contribution in [0.3, 0.4) is 0 Å². The molecule has 2 aromatic rings. The van der Waals surface area contributed by atoms with Crippen LogP contribution in [0.4, 0.5) is 0 Å². The van der Waals surface area contributed by atoms with Gasteiger partial charge in [0.2, 0.25) is 0 Å². The van der Waals surface area contributed by atoms with E-state index in [2.05, 4.69) is 18.0 Å². The van der Waals surface area contributed by atoms with Crippen molar-refractivity contribution in [2.75, 3.05) is 0 Å². The van der Waals surface area contributed by atoms with Gasteiger partial charge in [-0.15, -0.1) is 0 Å². The van der Waals surface area contributed by atoms with E-state index in [-0.39, 0.29) is 12.4 Å². The minimum atomic E-state index is -0.103. The van der Waals surface area contributed by atoms with E-state index in [9.17, 15) is 9.90 Å². The van der Waals surface area contributed by atoms with Gasteiger partial charge < -0.3 is 9.67 Å². The molecule has 4 nitrogen and oxygen atoms in total. The van der Waals surface area contributed by atoms with E-state index >= 15 is 0 Å². The number of carbonyl (C=O) groups is 1. The summed E-state index contributed by atoms with van der Waals surface area (Å²) in [6.45, 7) is 4.15. The van der Waals surface area contributed by atoms with Gasteiger partial charge in [-0.25, -0.2) is 4.98 Å². The van der Waals surface area contributed by atoms with E-state index in [1.165, 1.54) is 5.56 Å². The first-order valence-corrected chi connectivity index (χ1v) is 6.24. The molecule has 0 unspecified atom stereocenters. The first-order valence-electron chi connectivity index (χ1n) is 6.24. The van der Waals surface area contributed by atoms with Crippen LogP contribution in [0.5, 0.6) is 0 Å². The lowest BCUT2D eigenvalue weighted by Gasteiger charge is -2.06. The Hall–Kier alpha value is -1.68. The van der Waals surface area contributed by atoms with Gasteiger partial charge in [0.15, 0.2) is 0 Å². The zero-order valence-corrected chi connectivity index (χ0v) is 10.8. The van der Waals surface area contributed by atoms with Gasteiger partial charge in [-0.1, -0.05) is 13.0 Å². The van der Waals surface area contributed by atoms with E-state index in [0.29, 0.717) is 18.8 Å². The first kappa shape index (κ1) is 12.8. The maximum absolute atomic E-state index is 11.1. The first-order chi connectivity index (χ1) is 8.65. The normalized spacial score (nSPS) is 11.1. The van der Waals surface area contributed by atoms with Crippen LogP contribution in [0, 0.1) is 0 Å². The molecule has 0 bridgehead atoms. The smallest absolute Gasteiger partial charge is 0.135 e. The molecule has 0 radical (unpaired) electrons. The van der Waals surface area contributed by atoms with Crippen molar-refractivity contribution >= 4 is 16.8 Å². The molecule has 0 aliphatic rings. The van der Waals surface area contributed by atoms with Gasteiger partial charge in [0, 0.05) is 13.0 Å². The van der Waals surface area contributed by atoms with Gasteiger partial charge in [-0.05, 0) is 31.0 Å². The van der Waals surface area contributed by atoms with E-state index in [4.69, 9.17) is 0 Å². The Bertz CT molecular complexity index is 572. The number of rotatable bonds is 5. The number of nitrogens with zero attached hydrogens (tertiary/aromatic N) is 2. The van der Waals surface area contributed by atoms with Crippen LogP contribution in [-0.4, -0.2) is 20.4 Å². The summed E-state index contributed by atoms with van der Waals surface area (Å²) in [4.78, 5) is 15.5. The zero-order chi connectivity index (χ0) is 13.1. The highest BCUT2D eigenvalue weighted by atomic mass is 16.3. The van der Waals surface area contributed by atoms with Gasteiger partial charge >= 0.3 is 0 Å². The molecule has 2 rings (SSSR count). The third-order valence-electron chi connectivity index (χ3n) is 3.13. The fourth-order valence-corrected chi connectivity index (χ4v) is 2.08. The molecule has 1 heterocycles. The summed E-state index contributed by atoms with van der Waals surface area (Å²) in [5.41, 5.74) is 3.10. The summed E-state index contributed by atoms with van der Waals surface area (Å²) in [7, 11) is 0. The molecule has 0 spiro atoms. The van der Waals surface area contributed by atoms with Gasteiger partial charge in [0.25, 0.3) is 0 Å². The fraction of sp³-hybridized carbons (Fsp3) is 0.429. The molecule has 0 amide bonds. The van der Waals surface area contributed by atoms with Crippen molar-refractivity contribution in [1.82, 2.24) is 9.55 Å². The predicted octanol–water partition coefficient (Wildman–Crippen LogP) is 2.07. The Labute approximate surface area is 106 Å². The average Bonchev–Trinajstić information content (AvgIpc) is 2.72. The number of ketones is 1. The number of benzene rings is 1. The molecule has 0 aliphatic heterocycles. The van der Waals surface area contributed by atoms with Crippen molar-refractivity contribution in [3.8, 4) is 0 Å². The van der Waals surface area contributed by atoms with Crippen LogP contribution in [0.1, 0.15) is 31.7 Å². The molecule has 0 aliphatic carbocycles. The Balaban J connectivity index is 2.45. The molecule has 18 heavy (non-hydrogen) atoms. The summed E-state index contributed by atoms with van der Waals surface area (Å²) in [5.74, 6) is 0.769. The molecule has 1 aromatic heterocycles. The monoisotopic (exact) mass is 246 g/mol. The van der Waals surface area contributed by atoms with Crippen molar-refractivity contribution in [2.24, 2.45) is 0 Å². The van der Waals surface area contributed by atoms with Gasteiger partial charge in [-0.2, -0.15) is 0 Å². The third kappa shape index (κ3) is 2.43. The quantitative estimate of drug-likeness (QED) is 0.878. The molecule has 1 N–H and O–H groups in total. The number of hydrogen-bond acceptors (Lipinski definition) is 3. The number of aliphatic hydroxyl groups excluding tert-OH is 1. The lowest BCUT2D eigenvalue weighted by Crippen LogP contribution is -2.06. The van der Waals surface area contributed by atoms with Crippen LogP contribution in [-0.2, 0) is 24.4 Å². The van der Waals surface area contributed by atoms with Crippen LogP contribution < -0.4 is 0 Å². The number of fused-ring (bicyclic) bond motifs is 1. The molecule has 0 saturated carbocycles. The lowest BCUT2D eigenvalue weighted by atomic mass is 10.1. The van der Waals surface area contributed by atoms with Gasteiger partial charge in [-0.3, -0.25) is 4.79 Å². The van der Waals surface area contributed by atoms with E-state index in [1.807, 2.05) is 16.7 Å². The highest BCUT2D eigenvalue weighted by Crippen LogP contribution is 2.19. The third-order valence-corrected chi connectivity index (χ3v) is 3.13. The molecule has 0 atom stereocenters. The van der Waals surface area contributed by atoms with Crippen LogP contribution in [0.15, 0.2) is 18.2 Å². The van der Waals surface area contributed by atoms with Gasteiger partial charge in [0.05, 0.1) is 11.0 Å². The predicted molar refractivity (Wildman–Crippen MR) is 70.3 cm³/mol. The second-order valence-electron chi connectivity index (χ2n) is 4.47. The maximum atomic E-state index is 11.1. The minimum Gasteiger partial charge on any atom is -0.388 e. The minimum absolute atomic E-state index is 0.103. The second-order valence-corrected chi connectivity index (χ2v) is 4.47. The largest absolute Gasteiger partial charge is 0.388 e. The van der Waals surface area contributed by atoms with Crippen molar-refractivity contribution in [2.45, 2.75) is 39.8 Å². The van der Waals surface area contributed by atoms with Crippen LogP contribution in [0.2, 0.25) is 0 Å². The molecule has 1 aromatic carbocycles. The summed E-state index contributed by atoms with van der Waals surface area (Å²) in [5, 5.41) is 9.34. The number of aliphatic hydroxyl groups is 1. The molecular weight excluding hydrogens is 228 g/mol. The van der Waals surface area contributed by atoms with E-state index < -0.39 is 0 Å². The summed E-state index contributed by atoms with van der Waals surface area (Å²) >= 11 is 0. The van der Waals surface area contributed by atoms with Crippen molar-refractivity contribution in [3.63, 3.8) is 0 Å². The van der Waals surface area contributed by atoms with E-state index in [0.717, 1.165) is 17.5 Å². The number of aromatic nitrogens is 2.